The molecule has 3 nitrogen and oxygen atoms in total. The summed E-state index contributed by atoms with van der Waals surface area (Å²) in [6, 6.07) is 13.5. The average Bonchev–Trinajstić information content (AvgIpc) is 2.66. The minimum Gasteiger partial charge on any atom is -0.508 e. The van der Waals surface area contributed by atoms with Crippen LogP contribution >= 0.6 is 0 Å². The summed E-state index contributed by atoms with van der Waals surface area (Å²) in [6.07, 6.45) is 7.00. The number of unbranched alkanes of at least 4 members (excludes halogenated alkanes) is 2. The quantitative estimate of drug-likeness (QED) is 0.505. The van der Waals surface area contributed by atoms with Gasteiger partial charge in [-0.1, -0.05) is 44.9 Å². The van der Waals surface area contributed by atoms with E-state index in [9.17, 15) is 10.2 Å². The molecular formula is C25H33NO2. The Balaban J connectivity index is 0.000000202. The lowest BCUT2D eigenvalue weighted by Gasteiger charge is -2.06. The van der Waals surface area contributed by atoms with Crippen molar-refractivity contribution in [3.05, 3.63) is 64.8 Å². The lowest BCUT2D eigenvalue weighted by molar-refractivity contribution is 0.473. The van der Waals surface area contributed by atoms with E-state index in [4.69, 9.17) is 0 Å². The van der Waals surface area contributed by atoms with E-state index in [0.717, 1.165) is 29.5 Å². The van der Waals surface area contributed by atoms with Gasteiger partial charge >= 0.3 is 0 Å². The van der Waals surface area contributed by atoms with Gasteiger partial charge in [0.05, 0.1) is 0 Å². The maximum absolute atomic E-state index is 9.59. The van der Waals surface area contributed by atoms with Crippen LogP contribution in [0.5, 0.6) is 11.5 Å². The molecule has 2 aromatic carbocycles. The predicted molar refractivity (Wildman–Crippen MR) is 118 cm³/mol. The van der Waals surface area contributed by atoms with Gasteiger partial charge in [0.25, 0.3) is 0 Å². The summed E-state index contributed by atoms with van der Waals surface area (Å²) in [5.74, 6) is 0.680. The third kappa shape index (κ3) is 6.26. The number of fused-ring (bicyclic) bond motifs is 1. The fraction of sp³-hybridized carbons (Fsp3) is 0.400. The van der Waals surface area contributed by atoms with Crippen LogP contribution in [0.4, 0.5) is 0 Å². The Kier molecular flexibility index (Phi) is 8.31. The van der Waals surface area contributed by atoms with Crippen LogP contribution in [0.1, 0.15) is 61.9 Å². The number of hydrogen-bond acceptors (Lipinski definition) is 3. The molecule has 28 heavy (non-hydrogen) atoms. The molecule has 0 aliphatic rings. The first-order valence-electron chi connectivity index (χ1n) is 10.3. The fourth-order valence-corrected chi connectivity index (χ4v) is 3.36. The maximum Gasteiger partial charge on any atom is 0.141 e. The Morgan fingerprint density at radius 2 is 1.43 bits per heavy atom. The second-order valence-corrected chi connectivity index (χ2v) is 7.47. The van der Waals surface area contributed by atoms with Gasteiger partial charge in [0.1, 0.15) is 17.0 Å². The lowest BCUT2D eigenvalue weighted by Crippen LogP contribution is -1.90. The van der Waals surface area contributed by atoms with Crippen molar-refractivity contribution in [1.29, 1.82) is 0 Å². The van der Waals surface area contributed by atoms with Crippen LogP contribution in [0.3, 0.4) is 0 Å². The van der Waals surface area contributed by atoms with E-state index in [-0.39, 0.29) is 5.75 Å². The van der Waals surface area contributed by atoms with Gasteiger partial charge in [-0.15, -0.1) is 0 Å². The summed E-state index contributed by atoms with van der Waals surface area (Å²) in [6.45, 7) is 8.34. The molecule has 3 aromatic rings. The topological polar surface area (TPSA) is 53.4 Å². The number of aromatic hydroxyl groups is 2. The van der Waals surface area contributed by atoms with Crippen LogP contribution in [0, 0.1) is 13.8 Å². The van der Waals surface area contributed by atoms with Crippen molar-refractivity contribution >= 4 is 10.9 Å². The van der Waals surface area contributed by atoms with Crippen molar-refractivity contribution in [2.24, 2.45) is 0 Å². The van der Waals surface area contributed by atoms with Crippen molar-refractivity contribution in [2.45, 2.75) is 66.2 Å². The second kappa shape index (κ2) is 10.7. The number of rotatable bonds is 6. The number of phenols is 2. The van der Waals surface area contributed by atoms with Crippen molar-refractivity contribution in [1.82, 2.24) is 4.98 Å². The Labute approximate surface area is 169 Å². The van der Waals surface area contributed by atoms with E-state index in [1.54, 1.807) is 6.07 Å². The number of aryl methyl sites for hydroxylation is 4. The third-order valence-electron chi connectivity index (χ3n) is 4.83. The van der Waals surface area contributed by atoms with Gasteiger partial charge in [0.2, 0.25) is 0 Å². The van der Waals surface area contributed by atoms with Gasteiger partial charge in [0.15, 0.2) is 0 Å². The van der Waals surface area contributed by atoms with E-state index in [2.05, 4.69) is 24.9 Å². The summed E-state index contributed by atoms with van der Waals surface area (Å²) >= 11 is 0. The summed E-state index contributed by atoms with van der Waals surface area (Å²) in [5.41, 5.74) is 5.34. The van der Waals surface area contributed by atoms with Crippen LogP contribution in [-0.2, 0) is 12.8 Å². The van der Waals surface area contributed by atoms with Gasteiger partial charge in [-0.2, -0.15) is 0 Å². The van der Waals surface area contributed by atoms with Gasteiger partial charge in [-0.05, 0) is 80.5 Å². The molecule has 1 aromatic heterocycles. The molecule has 0 aliphatic carbocycles. The van der Waals surface area contributed by atoms with Crippen molar-refractivity contribution in [2.75, 3.05) is 0 Å². The van der Waals surface area contributed by atoms with Crippen LogP contribution in [0.15, 0.2) is 42.5 Å². The molecule has 0 aliphatic heterocycles. The molecule has 0 saturated carbocycles. The van der Waals surface area contributed by atoms with E-state index >= 15 is 0 Å². The van der Waals surface area contributed by atoms with Gasteiger partial charge < -0.3 is 10.2 Å². The third-order valence-corrected chi connectivity index (χ3v) is 4.83. The van der Waals surface area contributed by atoms with Gasteiger partial charge in [-0.3, -0.25) is 0 Å². The minimum atomic E-state index is 0.254. The molecule has 0 atom stereocenters. The largest absolute Gasteiger partial charge is 0.508 e. The number of phenolic OH excluding ortho intramolecular Hbond substituents is 2. The van der Waals surface area contributed by atoms with Crippen LogP contribution in [0.25, 0.3) is 10.9 Å². The monoisotopic (exact) mass is 379 g/mol. The normalized spacial score (nSPS) is 10.6. The maximum atomic E-state index is 9.59. The summed E-state index contributed by atoms with van der Waals surface area (Å²) < 4.78 is 0. The molecule has 0 saturated heterocycles. The molecule has 150 valence electrons. The number of nitrogens with zero attached hydrogens (tertiary/aromatic N) is 1. The Hall–Kier alpha value is -2.55. The van der Waals surface area contributed by atoms with Crippen molar-refractivity contribution < 1.29 is 10.2 Å². The second-order valence-electron chi connectivity index (χ2n) is 7.47. The number of benzene rings is 2. The van der Waals surface area contributed by atoms with Crippen molar-refractivity contribution in [3.63, 3.8) is 0 Å². The molecule has 0 amide bonds. The van der Waals surface area contributed by atoms with Crippen LogP contribution in [-0.4, -0.2) is 15.2 Å². The van der Waals surface area contributed by atoms with Crippen LogP contribution in [0.2, 0.25) is 0 Å². The highest BCUT2D eigenvalue weighted by atomic mass is 16.3. The highest BCUT2D eigenvalue weighted by Crippen LogP contribution is 2.25. The van der Waals surface area contributed by atoms with E-state index < -0.39 is 0 Å². The first-order chi connectivity index (χ1) is 13.4. The summed E-state index contributed by atoms with van der Waals surface area (Å²) in [4.78, 5) is 4.29. The zero-order valence-electron chi connectivity index (χ0n) is 17.6. The smallest absolute Gasteiger partial charge is 0.141 e. The Morgan fingerprint density at radius 3 is 2.00 bits per heavy atom. The molecule has 0 radical (unpaired) electrons. The zero-order chi connectivity index (χ0) is 20.5. The molecule has 3 rings (SSSR count). The van der Waals surface area contributed by atoms with E-state index in [0.29, 0.717) is 11.3 Å². The SMILES string of the molecule is CCCCc1cc(O)cc(CCCC)c1.Cc1cc(C)c2cccc(O)c2n1. The van der Waals surface area contributed by atoms with Crippen molar-refractivity contribution in [3.8, 4) is 11.5 Å². The Morgan fingerprint density at radius 1 is 0.821 bits per heavy atom. The highest BCUT2D eigenvalue weighted by Gasteiger charge is 2.03. The van der Waals surface area contributed by atoms with Crippen LogP contribution < -0.4 is 0 Å². The Bertz CT molecular complexity index is 876. The summed E-state index contributed by atoms with van der Waals surface area (Å²) in [7, 11) is 0. The lowest BCUT2D eigenvalue weighted by atomic mass is 10.0. The average molecular weight is 380 g/mol. The zero-order valence-corrected chi connectivity index (χ0v) is 17.6. The molecule has 0 fully saturated rings. The minimum absolute atomic E-state index is 0.254. The molecule has 3 heteroatoms. The number of pyridine rings is 1. The van der Waals surface area contributed by atoms with Gasteiger partial charge in [-0.25, -0.2) is 4.98 Å². The highest BCUT2D eigenvalue weighted by molar-refractivity contribution is 5.87. The molecule has 0 bridgehead atoms. The fourth-order valence-electron chi connectivity index (χ4n) is 3.36. The van der Waals surface area contributed by atoms with E-state index in [1.165, 1.54) is 36.8 Å². The predicted octanol–water partition coefficient (Wildman–Crippen LogP) is 6.63. The molecular weight excluding hydrogens is 346 g/mol. The van der Waals surface area contributed by atoms with Gasteiger partial charge in [0, 0.05) is 11.1 Å². The number of para-hydroxylation sites is 1. The molecule has 2 N–H and O–H groups in total. The first-order valence-corrected chi connectivity index (χ1v) is 10.3. The molecule has 0 spiro atoms. The van der Waals surface area contributed by atoms with E-state index in [1.807, 2.05) is 44.2 Å². The standard InChI is InChI=1S/C14H22O.C11H11NO/c1-3-5-7-12-9-13(8-6-4-2)11-14(15)10-12;1-7-6-8(2)12-11-9(7)4-3-5-10(11)13/h9-11,15H,3-8H2,1-2H3;3-6,13H,1-2H3. The number of aromatic nitrogens is 1. The molecule has 1 heterocycles. The first kappa shape index (κ1) is 21.7. The number of hydrogen-bond donors (Lipinski definition) is 2. The molecule has 0 unspecified atom stereocenters. The summed E-state index contributed by atoms with van der Waals surface area (Å²) in [5, 5.41) is 20.2.